The molecule has 1 rings (SSSR count). The monoisotopic (exact) mass is 296 g/mol. The molecule has 0 unspecified atom stereocenters. The summed E-state index contributed by atoms with van der Waals surface area (Å²) < 4.78 is 5.55. The van der Waals surface area contributed by atoms with E-state index in [-0.39, 0.29) is 5.96 Å². The van der Waals surface area contributed by atoms with Gasteiger partial charge in [-0.2, -0.15) is 11.8 Å². The van der Waals surface area contributed by atoms with E-state index in [9.17, 15) is 0 Å². The van der Waals surface area contributed by atoms with Crippen LogP contribution in [0.5, 0.6) is 5.75 Å². The topological polar surface area (TPSA) is 75.2 Å². The number of thioether (sulfide) groups is 1. The zero-order chi connectivity index (χ0) is 14.8. The quantitative estimate of drug-likeness (QED) is 0.415. The van der Waals surface area contributed by atoms with Crippen LogP contribution in [0.1, 0.15) is 26.0 Å². The molecular formula is C14H24N4OS. The average Bonchev–Trinajstić information content (AvgIpc) is 2.44. The number of ether oxygens (including phenoxy) is 1. The number of hydrogen-bond acceptors (Lipinski definition) is 4. The molecule has 0 aromatic carbocycles. The van der Waals surface area contributed by atoms with Crippen LogP contribution in [0.15, 0.2) is 18.3 Å². The van der Waals surface area contributed by atoms with Crippen molar-refractivity contribution in [2.75, 3.05) is 25.4 Å². The maximum Gasteiger partial charge on any atom is 0.188 e. The third-order valence-corrected chi connectivity index (χ3v) is 3.68. The fraction of sp³-hybridized carbons (Fsp3) is 0.571. The standard InChI is InChI=1S/C14H24N4OS/c1-3-8-18(14(15)16)9-10-20-11-12-13(19-4-2)6-5-7-17-12/h5-7H,3-4,8-11H2,1-2H3,(H3,15,16). The second-order valence-electron chi connectivity index (χ2n) is 4.31. The van der Waals surface area contributed by atoms with Gasteiger partial charge in [0.1, 0.15) is 5.75 Å². The van der Waals surface area contributed by atoms with E-state index in [0.717, 1.165) is 42.5 Å². The summed E-state index contributed by atoms with van der Waals surface area (Å²) in [6.07, 6.45) is 2.79. The van der Waals surface area contributed by atoms with Gasteiger partial charge in [-0.25, -0.2) is 0 Å². The Labute approximate surface area is 125 Å². The Morgan fingerprint density at radius 2 is 2.25 bits per heavy atom. The van der Waals surface area contributed by atoms with Crippen LogP contribution in [0, 0.1) is 5.41 Å². The maximum absolute atomic E-state index is 7.51. The molecule has 0 radical (unpaired) electrons. The highest BCUT2D eigenvalue weighted by atomic mass is 32.2. The van der Waals surface area contributed by atoms with Crippen LogP contribution in [0.4, 0.5) is 0 Å². The van der Waals surface area contributed by atoms with Gasteiger partial charge in [0.2, 0.25) is 0 Å². The first kappa shape index (κ1) is 16.6. The largest absolute Gasteiger partial charge is 0.492 e. The smallest absolute Gasteiger partial charge is 0.188 e. The van der Waals surface area contributed by atoms with E-state index >= 15 is 0 Å². The Morgan fingerprint density at radius 1 is 1.45 bits per heavy atom. The molecule has 0 saturated heterocycles. The lowest BCUT2D eigenvalue weighted by atomic mass is 10.3. The molecule has 1 aromatic heterocycles. The fourth-order valence-corrected chi connectivity index (χ4v) is 2.69. The average molecular weight is 296 g/mol. The summed E-state index contributed by atoms with van der Waals surface area (Å²) in [5, 5.41) is 7.51. The van der Waals surface area contributed by atoms with Gasteiger partial charge in [0.25, 0.3) is 0 Å². The fourth-order valence-electron chi connectivity index (χ4n) is 1.78. The molecule has 5 nitrogen and oxygen atoms in total. The van der Waals surface area contributed by atoms with Crippen molar-refractivity contribution in [2.24, 2.45) is 5.73 Å². The second kappa shape index (κ2) is 9.47. The van der Waals surface area contributed by atoms with Gasteiger partial charge in [0.15, 0.2) is 5.96 Å². The van der Waals surface area contributed by atoms with Gasteiger partial charge < -0.3 is 15.4 Å². The molecule has 0 aliphatic rings. The Hall–Kier alpha value is -1.43. The van der Waals surface area contributed by atoms with Crippen molar-refractivity contribution in [1.82, 2.24) is 9.88 Å². The van der Waals surface area contributed by atoms with Crippen molar-refractivity contribution in [3.63, 3.8) is 0 Å². The first-order chi connectivity index (χ1) is 9.69. The number of nitrogens with one attached hydrogen (secondary N) is 1. The number of guanidine groups is 1. The highest BCUT2D eigenvalue weighted by Gasteiger charge is 2.07. The van der Waals surface area contributed by atoms with Crippen molar-refractivity contribution < 1.29 is 4.74 Å². The van der Waals surface area contributed by atoms with Gasteiger partial charge in [0.05, 0.1) is 12.3 Å². The van der Waals surface area contributed by atoms with Gasteiger partial charge in [-0.15, -0.1) is 0 Å². The number of hydrogen-bond donors (Lipinski definition) is 2. The lowest BCUT2D eigenvalue weighted by Crippen LogP contribution is -2.38. The number of rotatable bonds is 9. The molecule has 20 heavy (non-hydrogen) atoms. The minimum Gasteiger partial charge on any atom is -0.492 e. The van der Waals surface area contributed by atoms with E-state index < -0.39 is 0 Å². The Balaban J connectivity index is 2.38. The molecule has 112 valence electrons. The lowest BCUT2D eigenvalue weighted by Gasteiger charge is -2.21. The number of nitrogens with zero attached hydrogens (tertiary/aromatic N) is 2. The molecule has 0 aliphatic heterocycles. The minimum absolute atomic E-state index is 0.153. The number of aromatic nitrogens is 1. The molecule has 6 heteroatoms. The SMILES string of the molecule is CCCN(CCSCc1ncccc1OCC)C(=N)N. The van der Waals surface area contributed by atoms with Crippen LogP contribution in [-0.4, -0.2) is 41.3 Å². The van der Waals surface area contributed by atoms with Gasteiger partial charge >= 0.3 is 0 Å². The van der Waals surface area contributed by atoms with Crippen molar-refractivity contribution in [3.05, 3.63) is 24.0 Å². The summed E-state index contributed by atoms with van der Waals surface area (Å²) >= 11 is 1.78. The van der Waals surface area contributed by atoms with Crippen LogP contribution in [0.25, 0.3) is 0 Å². The highest BCUT2D eigenvalue weighted by Crippen LogP contribution is 2.20. The van der Waals surface area contributed by atoms with E-state index in [1.54, 1.807) is 18.0 Å². The van der Waals surface area contributed by atoms with Crippen LogP contribution >= 0.6 is 11.8 Å². The predicted molar refractivity (Wildman–Crippen MR) is 85.3 cm³/mol. The molecular weight excluding hydrogens is 272 g/mol. The summed E-state index contributed by atoms with van der Waals surface area (Å²) in [5.41, 5.74) is 6.52. The van der Waals surface area contributed by atoms with E-state index in [0.29, 0.717) is 6.61 Å². The first-order valence-electron chi connectivity index (χ1n) is 6.92. The van der Waals surface area contributed by atoms with E-state index in [4.69, 9.17) is 15.9 Å². The summed E-state index contributed by atoms with van der Waals surface area (Å²) in [5.74, 6) is 2.75. The minimum atomic E-state index is 0.153. The summed E-state index contributed by atoms with van der Waals surface area (Å²) in [6.45, 7) is 6.34. The van der Waals surface area contributed by atoms with Gasteiger partial charge in [-0.3, -0.25) is 10.4 Å². The Morgan fingerprint density at radius 3 is 2.90 bits per heavy atom. The third kappa shape index (κ3) is 5.69. The zero-order valence-corrected chi connectivity index (χ0v) is 13.1. The van der Waals surface area contributed by atoms with E-state index in [1.165, 1.54) is 0 Å². The summed E-state index contributed by atoms with van der Waals surface area (Å²) in [4.78, 5) is 6.26. The van der Waals surface area contributed by atoms with Gasteiger partial charge in [-0.05, 0) is 25.5 Å². The molecule has 0 saturated carbocycles. The van der Waals surface area contributed by atoms with Gasteiger partial charge in [-0.1, -0.05) is 6.92 Å². The molecule has 0 spiro atoms. The normalized spacial score (nSPS) is 10.3. The van der Waals surface area contributed by atoms with Gasteiger partial charge in [0, 0.05) is 30.8 Å². The van der Waals surface area contributed by atoms with E-state index in [1.807, 2.05) is 24.0 Å². The van der Waals surface area contributed by atoms with Crippen molar-refractivity contribution in [3.8, 4) is 5.75 Å². The lowest BCUT2D eigenvalue weighted by molar-refractivity contribution is 0.336. The van der Waals surface area contributed by atoms with Crippen molar-refractivity contribution in [1.29, 1.82) is 5.41 Å². The molecule has 1 aromatic rings. The highest BCUT2D eigenvalue weighted by molar-refractivity contribution is 7.98. The first-order valence-corrected chi connectivity index (χ1v) is 8.07. The van der Waals surface area contributed by atoms with E-state index in [2.05, 4.69) is 11.9 Å². The van der Waals surface area contributed by atoms with Crippen LogP contribution in [0.3, 0.4) is 0 Å². The predicted octanol–water partition coefficient (Wildman–Crippen LogP) is 2.32. The molecule has 0 amide bonds. The molecule has 0 fully saturated rings. The molecule has 1 heterocycles. The second-order valence-corrected chi connectivity index (χ2v) is 5.41. The Kier molecular flexibility index (Phi) is 7.87. The Bertz CT molecular complexity index is 414. The molecule has 0 aliphatic carbocycles. The summed E-state index contributed by atoms with van der Waals surface area (Å²) in [6, 6.07) is 3.84. The maximum atomic E-state index is 7.51. The van der Waals surface area contributed by atoms with Crippen molar-refractivity contribution in [2.45, 2.75) is 26.0 Å². The molecule has 3 N–H and O–H groups in total. The van der Waals surface area contributed by atoms with Crippen LogP contribution in [-0.2, 0) is 5.75 Å². The van der Waals surface area contributed by atoms with Crippen LogP contribution in [0.2, 0.25) is 0 Å². The van der Waals surface area contributed by atoms with Crippen molar-refractivity contribution >= 4 is 17.7 Å². The number of pyridine rings is 1. The molecule has 0 atom stereocenters. The van der Waals surface area contributed by atoms with Crippen LogP contribution < -0.4 is 10.5 Å². The molecule has 0 bridgehead atoms. The zero-order valence-electron chi connectivity index (χ0n) is 12.3. The summed E-state index contributed by atoms with van der Waals surface area (Å²) in [7, 11) is 0. The number of nitrogens with two attached hydrogens (primary N) is 1. The third-order valence-electron chi connectivity index (χ3n) is 2.73.